The Labute approximate surface area is 145 Å². The molecule has 0 radical (unpaired) electrons. The van der Waals surface area contributed by atoms with Crippen LogP contribution < -0.4 is 10.2 Å². The first-order valence-corrected chi connectivity index (χ1v) is 8.82. The molecule has 2 aromatic rings. The molecule has 0 bridgehead atoms. The fourth-order valence-electron chi connectivity index (χ4n) is 3.20. The van der Waals surface area contributed by atoms with Crippen molar-refractivity contribution >= 4 is 11.5 Å². The molecular formula is C20H28N4. The Morgan fingerprint density at radius 3 is 2.29 bits per heavy atom. The third-order valence-corrected chi connectivity index (χ3v) is 4.70. The van der Waals surface area contributed by atoms with E-state index in [9.17, 15) is 0 Å². The van der Waals surface area contributed by atoms with Crippen molar-refractivity contribution in [3.05, 3.63) is 47.9 Å². The molecule has 1 aliphatic heterocycles. The lowest BCUT2D eigenvalue weighted by molar-refractivity contribution is 0.525. The first kappa shape index (κ1) is 16.7. The van der Waals surface area contributed by atoms with Crippen LogP contribution in [0.2, 0.25) is 0 Å². The summed E-state index contributed by atoms with van der Waals surface area (Å²) < 4.78 is 0. The van der Waals surface area contributed by atoms with E-state index in [4.69, 9.17) is 0 Å². The maximum absolute atomic E-state index is 4.49. The molecule has 4 nitrogen and oxygen atoms in total. The van der Waals surface area contributed by atoms with Crippen molar-refractivity contribution in [2.24, 2.45) is 0 Å². The summed E-state index contributed by atoms with van der Waals surface area (Å²) in [5.74, 6) is 0.892. The smallest absolute Gasteiger partial charge is 0.145 e. The first-order valence-electron chi connectivity index (χ1n) is 8.82. The number of nitrogens with zero attached hydrogens (tertiary/aromatic N) is 3. The summed E-state index contributed by atoms with van der Waals surface area (Å²) in [6.07, 6.45) is 5.84. The normalized spacial score (nSPS) is 16.2. The van der Waals surface area contributed by atoms with Gasteiger partial charge in [0.05, 0.1) is 11.9 Å². The zero-order valence-electron chi connectivity index (χ0n) is 15.2. The third kappa shape index (κ3) is 4.05. The second-order valence-electron chi connectivity index (χ2n) is 7.75. The fourth-order valence-corrected chi connectivity index (χ4v) is 3.20. The van der Waals surface area contributed by atoms with Gasteiger partial charge in [0, 0.05) is 31.0 Å². The topological polar surface area (TPSA) is 41.1 Å². The number of hydrogen-bond acceptors (Lipinski definition) is 4. The average Bonchev–Trinajstić information content (AvgIpc) is 2.55. The van der Waals surface area contributed by atoms with E-state index in [1.807, 2.05) is 13.1 Å². The predicted molar refractivity (Wildman–Crippen MR) is 101 cm³/mol. The summed E-state index contributed by atoms with van der Waals surface area (Å²) in [5, 5.41) is 3.52. The van der Waals surface area contributed by atoms with Crippen LogP contribution in [-0.4, -0.2) is 29.1 Å². The lowest BCUT2D eigenvalue weighted by Gasteiger charge is -2.34. The van der Waals surface area contributed by atoms with Crippen molar-refractivity contribution in [3.8, 4) is 0 Å². The van der Waals surface area contributed by atoms with E-state index in [2.05, 4.69) is 65.2 Å². The van der Waals surface area contributed by atoms with Gasteiger partial charge in [-0.2, -0.15) is 0 Å². The molecule has 0 saturated carbocycles. The highest BCUT2D eigenvalue weighted by atomic mass is 15.2. The number of rotatable bonds is 3. The number of anilines is 2. The van der Waals surface area contributed by atoms with Crippen molar-refractivity contribution in [3.63, 3.8) is 0 Å². The van der Waals surface area contributed by atoms with Gasteiger partial charge in [0.1, 0.15) is 5.82 Å². The van der Waals surface area contributed by atoms with E-state index < -0.39 is 0 Å². The molecule has 1 aliphatic rings. The Morgan fingerprint density at radius 1 is 1.04 bits per heavy atom. The highest BCUT2D eigenvalue weighted by Crippen LogP contribution is 2.26. The number of hydrogen-bond donors (Lipinski definition) is 1. The molecule has 0 amide bonds. The minimum Gasteiger partial charge on any atom is -0.371 e. The van der Waals surface area contributed by atoms with Crippen LogP contribution in [0.25, 0.3) is 0 Å². The van der Waals surface area contributed by atoms with Crippen LogP contribution in [0.3, 0.4) is 0 Å². The Bertz CT molecular complexity index is 665. The predicted octanol–water partition coefficient (Wildman–Crippen LogP) is 4.16. The highest BCUT2D eigenvalue weighted by molar-refractivity contribution is 5.49. The van der Waals surface area contributed by atoms with E-state index in [-0.39, 0.29) is 5.41 Å². The molecular weight excluding hydrogens is 296 g/mol. The SMILES string of the molecule is Cc1cncc(NC2CCN(c3ccc(C(C)(C)C)cc3)CC2)n1. The van der Waals surface area contributed by atoms with Crippen molar-refractivity contribution in [1.82, 2.24) is 9.97 Å². The molecule has 2 heterocycles. The van der Waals surface area contributed by atoms with E-state index in [1.54, 1.807) is 6.20 Å². The molecule has 128 valence electrons. The zero-order valence-corrected chi connectivity index (χ0v) is 15.2. The van der Waals surface area contributed by atoms with Crippen LogP contribution in [-0.2, 0) is 5.41 Å². The lowest BCUT2D eigenvalue weighted by Crippen LogP contribution is -2.39. The minimum atomic E-state index is 0.213. The van der Waals surface area contributed by atoms with Gasteiger partial charge < -0.3 is 10.2 Å². The quantitative estimate of drug-likeness (QED) is 0.920. The van der Waals surface area contributed by atoms with Crippen LogP contribution in [0.5, 0.6) is 0 Å². The first-order chi connectivity index (χ1) is 11.4. The molecule has 1 N–H and O–H groups in total. The second-order valence-corrected chi connectivity index (χ2v) is 7.75. The summed E-state index contributed by atoms with van der Waals surface area (Å²) in [5.41, 5.74) is 3.89. The monoisotopic (exact) mass is 324 g/mol. The van der Waals surface area contributed by atoms with Crippen LogP contribution in [0, 0.1) is 6.92 Å². The van der Waals surface area contributed by atoms with Gasteiger partial charge in [0.25, 0.3) is 0 Å². The molecule has 0 atom stereocenters. The largest absolute Gasteiger partial charge is 0.371 e. The average molecular weight is 324 g/mol. The van der Waals surface area contributed by atoms with Gasteiger partial charge in [0.2, 0.25) is 0 Å². The summed E-state index contributed by atoms with van der Waals surface area (Å²) >= 11 is 0. The van der Waals surface area contributed by atoms with Gasteiger partial charge in [-0.15, -0.1) is 0 Å². The van der Waals surface area contributed by atoms with Crippen LogP contribution in [0.15, 0.2) is 36.7 Å². The molecule has 4 heteroatoms. The van der Waals surface area contributed by atoms with Gasteiger partial charge in [0.15, 0.2) is 0 Å². The zero-order chi connectivity index (χ0) is 17.2. The van der Waals surface area contributed by atoms with E-state index in [0.29, 0.717) is 6.04 Å². The van der Waals surface area contributed by atoms with E-state index in [1.165, 1.54) is 11.3 Å². The fraction of sp³-hybridized carbons (Fsp3) is 0.500. The Hall–Kier alpha value is -2.10. The van der Waals surface area contributed by atoms with Crippen LogP contribution >= 0.6 is 0 Å². The molecule has 0 aliphatic carbocycles. The maximum Gasteiger partial charge on any atom is 0.145 e. The summed E-state index contributed by atoms with van der Waals surface area (Å²) in [6.45, 7) is 10.9. The molecule has 0 spiro atoms. The number of piperidine rings is 1. The van der Waals surface area contributed by atoms with Crippen molar-refractivity contribution in [2.75, 3.05) is 23.3 Å². The Morgan fingerprint density at radius 2 is 1.71 bits per heavy atom. The molecule has 1 saturated heterocycles. The number of aryl methyl sites for hydroxylation is 1. The third-order valence-electron chi connectivity index (χ3n) is 4.70. The van der Waals surface area contributed by atoms with Gasteiger partial charge in [-0.3, -0.25) is 4.98 Å². The van der Waals surface area contributed by atoms with Crippen molar-refractivity contribution in [2.45, 2.75) is 52.0 Å². The van der Waals surface area contributed by atoms with Gasteiger partial charge in [-0.1, -0.05) is 32.9 Å². The Balaban J connectivity index is 1.57. The van der Waals surface area contributed by atoms with Gasteiger partial charge in [-0.25, -0.2) is 4.98 Å². The van der Waals surface area contributed by atoms with Crippen LogP contribution in [0.4, 0.5) is 11.5 Å². The van der Waals surface area contributed by atoms with Crippen LogP contribution in [0.1, 0.15) is 44.9 Å². The summed E-state index contributed by atoms with van der Waals surface area (Å²) in [7, 11) is 0. The van der Waals surface area contributed by atoms with Crippen molar-refractivity contribution in [1.29, 1.82) is 0 Å². The highest BCUT2D eigenvalue weighted by Gasteiger charge is 2.20. The molecule has 3 rings (SSSR count). The second kappa shape index (κ2) is 6.80. The van der Waals surface area contributed by atoms with E-state index >= 15 is 0 Å². The maximum atomic E-state index is 4.49. The number of benzene rings is 1. The summed E-state index contributed by atoms with van der Waals surface area (Å²) in [4.78, 5) is 11.2. The Kier molecular flexibility index (Phi) is 4.74. The standard InChI is InChI=1S/C20H28N4/c1-15-13-21-14-19(22-15)23-17-9-11-24(12-10-17)18-7-5-16(6-8-18)20(2,3)4/h5-8,13-14,17H,9-12H2,1-4H3,(H,22,23). The van der Waals surface area contributed by atoms with Gasteiger partial charge in [-0.05, 0) is 42.9 Å². The number of aromatic nitrogens is 2. The van der Waals surface area contributed by atoms with Gasteiger partial charge >= 0.3 is 0 Å². The summed E-state index contributed by atoms with van der Waals surface area (Å²) in [6, 6.07) is 9.54. The molecule has 1 fully saturated rings. The number of nitrogens with one attached hydrogen (secondary N) is 1. The molecule has 0 unspecified atom stereocenters. The minimum absolute atomic E-state index is 0.213. The molecule has 1 aromatic carbocycles. The molecule has 1 aromatic heterocycles. The molecule has 24 heavy (non-hydrogen) atoms. The lowest BCUT2D eigenvalue weighted by atomic mass is 9.87. The van der Waals surface area contributed by atoms with Crippen molar-refractivity contribution < 1.29 is 0 Å². The van der Waals surface area contributed by atoms with E-state index in [0.717, 1.165) is 37.4 Å².